The molecular weight excluding hydrogens is 344 g/mol. The maximum atomic E-state index is 12.5. The van der Waals surface area contributed by atoms with E-state index in [1.807, 2.05) is 50.2 Å². The molecule has 2 heterocycles. The molecule has 0 spiro atoms. The smallest absolute Gasteiger partial charge is 0.231 e. The SMILES string of the molecule is Cc1ccc(N2C[C@H](C(=O)NCc3ccc4c(c3)OCO4)CC2=O)cc1C. The molecule has 1 atom stereocenters. The molecule has 140 valence electrons. The Morgan fingerprint density at radius 2 is 1.93 bits per heavy atom. The first-order chi connectivity index (χ1) is 13.0. The summed E-state index contributed by atoms with van der Waals surface area (Å²) < 4.78 is 10.6. The molecule has 1 N–H and O–H groups in total. The molecule has 0 bridgehead atoms. The molecule has 4 rings (SSSR count). The molecule has 6 nitrogen and oxygen atoms in total. The van der Waals surface area contributed by atoms with Gasteiger partial charge < -0.3 is 19.7 Å². The number of carbonyl (C=O) groups excluding carboxylic acids is 2. The van der Waals surface area contributed by atoms with Crippen LogP contribution in [0.1, 0.15) is 23.1 Å². The van der Waals surface area contributed by atoms with Gasteiger partial charge in [0.15, 0.2) is 11.5 Å². The Bertz CT molecular complexity index is 909. The van der Waals surface area contributed by atoms with E-state index in [0.29, 0.717) is 18.8 Å². The summed E-state index contributed by atoms with van der Waals surface area (Å²) in [6.45, 7) is 5.09. The summed E-state index contributed by atoms with van der Waals surface area (Å²) in [5.74, 6) is 0.955. The van der Waals surface area contributed by atoms with Crippen molar-refractivity contribution >= 4 is 17.5 Å². The first-order valence-electron chi connectivity index (χ1n) is 9.05. The maximum absolute atomic E-state index is 12.5. The van der Waals surface area contributed by atoms with E-state index >= 15 is 0 Å². The van der Waals surface area contributed by atoms with Gasteiger partial charge in [0.25, 0.3) is 0 Å². The van der Waals surface area contributed by atoms with E-state index in [2.05, 4.69) is 5.32 Å². The first kappa shape index (κ1) is 17.4. The normalized spacial score (nSPS) is 18.1. The summed E-state index contributed by atoms with van der Waals surface area (Å²) >= 11 is 0. The number of carbonyl (C=O) groups is 2. The van der Waals surface area contributed by atoms with E-state index in [-0.39, 0.29) is 30.9 Å². The highest BCUT2D eigenvalue weighted by Gasteiger charge is 2.35. The van der Waals surface area contributed by atoms with Crippen LogP contribution >= 0.6 is 0 Å². The van der Waals surface area contributed by atoms with Crippen molar-refractivity contribution in [3.05, 3.63) is 53.1 Å². The molecule has 0 saturated carbocycles. The number of nitrogens with one attached hydrogen (secondary N) is 1. The molecule has 2 aliphatic heterocycles. The fourth-order valence-corrected chi connectivity index (χ4v) is 3.41. The van der Waals surface area contributed by atoms with Gasteiger partial charge in [-0.05, 0) is 54.8 Å². The molecule has 0 unspecified atom stereocenters. The average Bonchev–Trinajstić information content (AvgIpc) is 3.28. The van der Waals surface area contributed by atoms with E-state index in [1.54, 1.807) is 4.90 Å². The van der Waals surface area contributed by atoms with Gasteiger partial charge in [-0.15, -0.1) is 0 Å². The Morgan fingerprint density at radius 1 is 1.11 bits per heavy atom. The number of hydrogen-bond acceptors (Lipinski definition) is 4. The summed E-state index contributed by atoms with van der Waals surface area (Å²) in [6, 6.07) is 11.5. The highest BCUT2D eigenvalue weighted by atomic mass is 16.7. The van der Waals surface area contributed by atoms with Crippen molar-refractivity contribution in [2.24, 2.45) is 5.92 Å². The van der Waals surface area contributed by atoms with Gasteiger partial charge in [-0.2, -0.15) is 0 Å². The maximum Gasteiger partial charge on any atom is 0.231 e. The Labute approximate surface area is 158 Å². The minimum Gasteiger partial charge on any atom is -0.454 e. The van der Waals surface area contributed by atoms with Crippen molar-refractivity contribution in [3.8, 4) is 11.5 Å². The molecular formula is C21H22N2O4. The van der Waals surface area contributed by atoms with Gasteiger partial charge in [0.2, 0.25) is 18.6 Å². The predicted molar refractivity (Wildman–Crippen MR) is 101 cm³/mol. The van der Waals surface area contributed by atoms with Crippen molar-refractivity contribution in [3.63, 3.8) is 0 Å². The molecule has 1 fully saturated rings. The molecule has 0 radical (unpaired) electrons. The minimum atomic E-state index is -0.340. The number of aryl methyl sites for hydroxylation is 2. The Morgan fingerprint density at radius 3 is 2.74 bits per heavy atom. The lowest BCUT2D eigenvalue weighted by Gasteiger charge is -2.18. The lowest BCUT2D eigenvalue weighted by molar-refractivity contribution is -0.126. The minimum absolute atomic E-state index is 0.0125. The fraction of sp³-hybridized carbons (Fsp3) is 0.333. The van der Waals surface area contributed by atoms with Crippen LogP contribution in [0.2, 0.25) is 0 Å². The molecule has 6 heteroatoms. The van der Waals surface area contributed by atoms with Crippen molar-refractivity contribution in [1.29, 1.82) is 0 Å². The third-order valence-corrected chi connectivity index (χ3v) is 5.20. The quantitative estimate of drug-likeness (QED) is 0.903. The Hall–Kier alpha value is -3.02. The first-order valence-corrected chi connectivity index (χ1v) is 9.05. The Kier molecular flexibility index (Phi) is 4.48. The third-order valence-electron chi connectivity index (χ3n) is 5.20. The van der Waals surface area contributed by atoms with Crippen molar-refractivity contribution in [2.75, 3.05) is 18.2 Å². The summed E-state index contributed by atoms with van der Waals surface area (Å²) in [5, 5.41) is 2.93. The molecule has 2 amide bonds. The predicted octanol–water partition coefficient (Wildman–Crippen LogP) is 2.70. The standard InChI is InChI=1S/C21H22N2O4/c1-13-3-5-17(7-14(13)2)23-11-16(9-20(23)24)21(25)22-10-15-4-6-18-19(8-15)27-12-26-18/h3-8,16H,9-12H2,1-2H3,(H,22,25)/t16-/m1/s1. The number of fused-ring (bicyclic) bond motifs is 1. The van der Waals surface area contributed by atoms with E-state index in [4.69, 9.17) is 9.47 Å². The second kappa shape index (κ2) is 6.95. The van der Waals surface area contributed by atoms with Crippen LogP contribution in [0.5, 0.6) is 11.5 Å². The lowest BCUT2D eigenvalue weighted by Crippen LogP contribution is -2.32. The highest BCUT2D eigenvalue weighted by molar-refractivity contribution is 6.00. The summed E-state index contributed by atoms with van der Waals surface area (Å²) in [7, 11) is 0. The van der Waals surface area contributed by atoms with Crippen LogP contribution in [-0.2, 0) is 16.1 Å². The van der Waals surface area contributed by atoms with Crippen LogP contribution < -0.4 is 19.7 Å². The zero-order valence-corrected chi connectivity index (χ0v) is 15.5. The van der Waals surface area contributed by atoms with Crippen molar-refractivity contribution in [1.82, 2.24) is 5.32 Å². The largest absolute Gasteiger partial charge is 0.454 e. The zero-order valence-electron chi connectivity index (χ0n) is 15.5. The van der Waals surface area contributed by atoms with Crippen molar-refractivity contribution < 1.29 is 19.1 Å². The molecule has 1 saturated heterocycles. The molecule has 2 aliphatic rings. The molecule has 2 aromatic carbocycles. The van der Waals surface area contributed by atoms with Gasteiger partial charge in [-0.1, -0.05) is 12.1 Å². The third kappa shape index (κ3) is 3.47. The lowest BCUT2D eigenvalue weighted by atomic mass is 10.1. The van der Waals surface area contributed by atoms with Gasteiger partial charge in [-0.25, -0.2) is 0 Å². The average molecular weight is 366 g/mol. The number of hydrogen-bond donors (Lipinski definition) is 1. The van der Waals surface area contributed by atoms with Crippen LogP contribution in [-0.4, -0.2) is 25.2 Å². The molecule has 27 heavy (non-hydrogen) atoms. The number of benzene rings is 2. The van der Waals surface area contributed by atoms with Gasteiger partial charge in [-0.3, -0.25) is 9.59 Å². The van der Waals surface area contributed by atoms with E-state index in [1.165, 1.54) is 5.56 Å². The number of rotatable bonds is 4. The summed E-state index contributed by atoms with van der Waals surface area (Å²) in [5.41, 5.74) is 4.11. The topological polar surface area (TPSA) is 67.9 Å². The molecule has 2 aromatic rings. The van der Waals surface area contributed by atoms with E-state index < -0.39 is 0 Å². The van der Waals surface area contributed by atoms with Crippen LogP contribution in [0, 0.1) is 19.8 Å². The number of amides is 2. The van der Waals surface area contributed by atoms with Gasteiger partial charge in [0.05, 0.1) is 5.92 Å². The van der Waals surface area contributed by atoms with Gasteiger partial charge in [0, 0.05) is 25.2 Å². The molecule has 0 aliphatic carbocycles. The van der Waals surface area contributed by atoms with Crippen LogP contribution in [0.4, 0.5) is 5.69 Å². The highest BCUT2D eigenvalue weighted by Crippen LogP contribution is 2.32. The number of nitrogens with zero attached hydrogens (tertiary/aromatic N) is 1. The van der Waals surface area contributed by atoms with Gasteiger partial charge in [0.1, 0.15) is 0 Å². The zero-order chi connectivity index (χ0) is 19.0. The van der Waals surface area contributed by atoms with E-state index in [0.717, 1.165) is 22.6 Å². The summed E-state index contributed by atoms with van der Waals surface area (Å²) in [4.78, 5) is 26.7. The van der Waals surface area contributed by atoms with Crippen LogP contribution in [0.25, 0.3) is 0 Å². The second-order valence-corrected chi connectivity index (χ2v) is 7.08. The fourth-order valence-electron chi connectivity index (χ4n) is 3.41. The van der Waals surface area contributed by atoms with Crippen molar-refractivity contribution in [2.45, 2.75) is 26.8 Å². The second-order valence-electron chi connectivity index (χ2n) is 7.08. The molecule has 0 aromatic heterocycles. The van der Waals surface area contributed by atoms with E-state index in [9.17, 15) is 9.59 Å². The summed E-state index contributed by atoms with van der Waals surface area (Å²) in [6.07, 6.45) is 0.236. The van der Waals surface area contributed by atoms with Gasteiger partial charge >= 0.3 is 0 Å². The van der Waals surface area contributed by atoms with Crippen LogP contribution in [0.3, 0.4) is 0 Å². The monoisotopic (exact) mass is 366 g/mol. The Balaban J connectivity index is 1.38. The number of ether oxygens (including phenoxy) is 2. The number of anilines is 1. The van der Waals surface area contributed by atoms with Crippen LogP contribution in [0.15, 0.2) is 36.4 Å².